The van der Waals surface area contributed by atoms with Gasteiger partial charge in [-0.25, -0.2) is 0 Å². The van der Waals surface area contributed by atoms with Gasteiger partial charge >= 0.3 is 0 Å². The van der Waals surface area contributed by atoms with Crippen LogP contribution in [0.1, 0.15) is 72.3 Å². The maximum atomic E-state index is 13.8. The number of hydrogen-bond donors (Lipinski definition) is 2. The molecule has 4 aromatic rings. The third-order valence-electron chi connectivity index (χ3n) is 9.24. The van der Waals surface area contributed by atoms with Crippen molar-refractivity contribution in [3.05, 3.63) is 77.4 Å². The molecular weight excluding hydrogens is 568 g/mol. The molecule has 1 amide bonds. The van der Waals surface area contributed by atoms with Gasteiger partial charge in [-0.1, -0.05) is 37.5 Å². The highest BCUT2D eigenvalue weighted by Crippen LogP contribution is 2.47. The Kier molecular flexibility index (Phi) is 9.40. The molecule has 3 aromatic carbocycles. The summed E-state index contributed by atoms with van der Waals surface area (Å²) in [6.07, 6.45) is 7.20. The molecule has 236 valence electrons. The van der Waals surface area contributed by atoms with Crippen molar-refractivity contribution in [3.63, 3.8) is 0 Å². The molecule has 8 nitrogen and oxygen atoms in total. The number of ketones is 1. The average molecular weight is 611 g/mol. The van der Waals surface area contributed by atoms with Crippen molar-refractivity contribution in [2.45, 2.75) is 69.9 Å². The summed E-state index contributed by atoms with van der Waals surface area (Å²) in [7, 11) is 3.28. The van der Waals surface area contributed by atoms with E-state index in [0.29, 0.717) is 50.5 Å². The minimum absolute atomic E-state index is 0.0464. The fourth-order valence-corrected chi connectivity index (χ4v) is 6.96. The van der Waals surface area contributed by atoms with E-state index in [0.717, 1.165) is 41.0 Å². The maximum absolute atomic E-state index is 13.8. The number of phenolic OH excluding ortho intramolecular Hbond substituents is 1. The van der Waals surface area contributed by atoms with Gasteiger partial charge in [-0.3, -0.25) is 9.59 Å². The molecule has 1 aliphatic carbocycles. The molecule has 0 spiro atoms. The second-order valence-corrected chi connectivity index (χ2v) is 12.2. The lowest BCUT2D eigenvalue weighted by Crippen LogP contribution is -2.42. The van der Waals surface area contributed by atoms with Crippen molar-refractivity contribution in [1.29, 1.82) is 0 Å². The third kappa shape index (κ3) is 6.57. The number of hydrogen-bond acceptors (Lipinski definition) is 6. The molecule has 1 aromatic heterocycles. The van der Waals surface area contributed by atoms with Crippen LogP contribution in [0.15, 0.2) is 60.7 Å². The molecule has 1 aliphatic heterocycles. The Bertz CT molecular complexity index is 1670. The van der Waals surface area contributed by atoms with Crippen LogP contribution in [0.2, 0.25) is 0 Å². The highest BCUT2D eigenvalue weighted by molar-refractivity contribution is 6.03. The van der Waals surface area contributed by atoms with Crippen LogP contribution in [-0.2, 0) is 22.5 Å². The molecule has 0 unspecified atom stereocenters. The van der Waals surface area contributed by atoms with E-state index in [1.54, 1.807) is 38.5 Å². The van der Waals surface area contributed by atoms with Crippen LogP contribution in [-0.4, -0.2) is 54.8 Å². The number of phenols is 1. The highest BCUT2D eigenvalue weighted by atomic mass is 16.5. The summed E-state index contributed by atoms with van der Waals surface area (Å²) in [6, 6.07) is 18.0. The average Bonchev–Trinajstić information content (AvgIpc) is 3.26. The van der Waals surface area contributed by atoms with Crippen LogP contribution >= 0.6 is 0 Å². The van der Waals surface area contributed by atoms with E-state index in [4.69, 9.17) is 14.2 Å². The van der Waals surface area contributed by atoms with E-state index in [1.165, 1.54) is 35.9 Å². The Balaban J connectivity index is 1.37. The van der Waals surface area contributed by atoms with Crippen LogP contribution < -0.4 is 14.8 Å². The highest BCUT2D eigenvalue weighted by Gasteiger charge is 2.30. The molecule has 1 fully saturated rings. The van der Waals surface area contributed by atoms with Crippen molar-refractivity contribution in [1.82, 2.24) is 9.88 Å². The molecule has 1 saturated carbocycles. The van der Waals surface area contributed by atoms with Gasteiger partial charge in [0.2, 0.25) is 0 Å². The number of benzene rings is 3. The van der Waals surface area contributed by atoms with Crippen LogP contribution in [0.25, 0.3) is 22.2 Å². The first-order valence-corrected chi connectivity index (χ1v) is 16.0. The zero-order valence-corrected chi connectivity index (χ0v) is 26.1. The summed E-state index contributed by atoms with van der Waals surface area (Å²) in [4.78, 5) is 27.1. The second-order valence-electron chi connectivity index (χ2n) is 12.2. The Morgan fingerprint density at radius 1 is 1.02 bits per heavy atom. The van der Waals surface area contributed by atoms with Gasteiger partial charge in [0.25, 0.3) is 5.91 Å². The summed E-state index contributed by atoms with van der Waals surface area (Å²) in [5.41, 5.74) is 5.94. The molecule has 0 saturated heterocycles. The Labute approximate surface area is 264 Å². The number of fused-ring (bicyclic) bond motifs is 5. The monoisotopic (exact) mass is 610 g/mol. The second kappa shape index (κ2) is 13.8. The topological polar surface area (TPSA) is 99.0 Å². The SMILES string of the molecule is COCCCC(=O)[C@H](Cc1ccc(O)cc1)NC(=O)c1ccc2c(C3CCCCC3)c3n(c2c1)CCOc1cc(OC)ccc1-3. The van der Waals surface area contributed by atoms with Crippen molar-refractivity contribution in [2.75, 3.05) is 27.4 Å². The van der Waals surface area contributed by atoms with E-state index in [1.807, 2.05) is 24.3 Å². The fraction of sp³-hybridized carbons (Fsp3) is 0.405. The maximum Gasteiger partial charge on any atom is 0.251 e. The third-order valence-corrected chi connectivity index (χ3v) is 9.24. The standard InChI is InChI=1S/C37H42N2O6/c1-43-19-6-9-33(41)31(21-24-10-13-27(40)14-11-24)38-37(42)26-12-16-29-32(22-26)39-18-20-45-34-23-28(44-2)15-17-30(34)36(39)35(29)25-7-4-3-5-8-25/h10-17,22-23,25,31,40H,3-9,18-21H2,1-2H3,(H,38,42)/t31-/m0/s1. The van der Waals surface area contributed by atoms with Crippen LogP contribution in [0.5, 0.6) is 17.2 Å². The lowest BCUT2D eigenvalue weighted by Gasteiger charge is -2.23. The lowest BCUT2D eigenvalue weighted by atomic mass is 9.81. The largest absolute Gasteiger partial charge is 0.508 e. The van der Waals surface area contributed by atoms with E-state index < -0.39 is 6.04 Å². The van der Waals surface area contributed by atoms with Crippen LogP contribution in [0.4, 0.5) is 0 Å². The molecule has 2 heterocycles. The molecule has 45 heavy (non-hydrogen) atoms. The molecular formula is C37H42N2O6. The number of aromatic hydroxyl groups is 1. The minimum atomic E-state index is -0.702. The summed E-state index contributed by atoms with van der Waals surface area (Å²) >= 11 is 0. The zero-order valence-electron chi connectivity index (χ0n) is 26.1. The Morgan fingerprint density at radius 2 is 1.82 bits per heavy atom. The van der Waals surface area contributed by atoms with Gasteiger partial charge in [0, 0.05) is 48.2 Å². The van der Waals surface area contributed by atoms with Crippen molar-refractivity contribution < 1.29 is 28.9 Å². The molecule has 2 aliphatic rings. The summed E-state index contributed by atoms with van der Waals surface area (Å²) < 4.78 is 19.2. The summed E-state index contributed by atoms with van der Waals surface area (Å²) in [5, 5.41) is 13.9. The molecule has 0 bridgehead atoms. The first-order valence-electron chi connectivity index (χ1n) is 16.0. The van der Waals surface area contributed by atoms with Gasteiger partial charge in [0.1, 0.15) is 23.9 Å². The molecule has 2 N–H and O–H groups in total. The van der Waals surface area contributed by atoms with Crippen molar-refractivity contribution >= 4 is 22.6 Å². The molecule has 0 radical (unpaired) electrons. The van der Waals surface area contributed by atoms with E-state index >= 15 is 0 Å². The Morgan fingerprint density at radius 3 is 2.58 bits per heavy atom. The molecule has 6 rings (SSSR count). The van der Waals surface area contributed by atoms with Gasteiger partial charge < -0.3 is 29.2 Å². The predicted molar refractivity (Wildman–Crippen MR) is 174 cm³/mol. The first-order chi connectivity index (χ1) is 22.0. The number of nitrogens with one attached hydrogen (secondary N) is 1. The predicted octanol–water partition coefficient (Wildman–Crippen LogP) is 6.80. The van der Waals surface area contributed by atoms with Crippen LogP contribution in [0, 0.1) is 0 Å². The lowest BCUT2D eigenvalue weighted by molar-refractivity contribution is -0.121. The van der Waals surface area contributed by atoms with Crippen molar-refractivity contribution in [2.24, 2.45) is 0 Å². The van der Waals surface area contributed by atoms with E-state index in [9.17, 15) is 14.7 Å². The number of carbonyl (C=O) groups is 2. The van der Waals surface area contributed by atoms with Crippen molar-refractivity contribution in [3.8, 4) is 28.5 Å². The first kappa shape index (κ1) is 30.7. The fourth-order valence-electron chi connectivity index (χ4n) is 6.96. The van der Waals surface area contributed by atoms with Gasteiger partial charge in [-0.15, -0.1) is 0 Å². The van der Waals surface area contributed by atoms with Gasteiger partial charge in [-0.05, 0) is 79.1 Å². The van der Waals surface area contributed by atoms with E-state index in [-0.39, 0.29) is 17.4 Å². The number of nitrogens with zero attached hydrogens (tertiary/aromatic N) is 1. The summed E-state index contributed by atoms with van der Waals surface area (Å²) in [6.45, 7) is 1.63. The number of rotatable bonds is 11. The summed E-state index contributed by atoms with van der Waals surface area (Å²) in [5.74, 6) is 1.83. The smallest absolute Gasteiger partial charge is 0.251 e. The number of aromatic nitrogens is 1. The number of amides is 1. The number of ether oxygens (including phenoxy) is 3. The van der Waals surface area contributed by atoms with E-state index in [2.05, 4.69) is 22.0 Å². The van der Waals surface area contributed by atoms with Crippen LogP contribution in [0.3, 0.4) is 0 Å². The molecule has 8 heteroatoms. The number of Topliss-reactive ketones (excluding diaryl/α,β-unsaturated/α-hetero) is 1. The van der Waals surface area contributed by atoms with Gasteiger partial charge in [0.05, 0.1) is 25.4 Å². The minimum Gasteiger partial charge on any atom is -0.508 e. The quantitative estimate of drug-likeness (QED) is 0.181. The normalized spacial score (nSPS) is 15.4. The Hall–Kier alpha value is -4.30. The number of carbonyl (C=O) groups excluding carboxylic acids is 2. The van der Waals surface area contributed by atoms with Gasteiger partial charge in [0.15, 0.2) is 5.78 Å². The molecule has 1 atom stereocenters. The zero-order chi connectivity index (χ0) is 31.3. The van der Waals surface area contributed by atoms with Gasteiger partial charge in [-0.2, -0.15) is 0 Å². The number of methoxy groups -OCH3 is 2.